The molecule has 1 fully saturated rings. The van der Waals surface area contributed by atoms with Gasteiger partial charge < -0.3 is 38.1 Å². The zero-order valence-corrected chi connectivity index (χ0v) is 29.4. The third-order valence-electron chi connectivity index (χ3n) is 8.05. The second-order valence-corrected chi connectivity index (χ2v) is 12.9. The van der Waals surface area contributed by atoms with Crippen LogP contribution in [0, 0.1) is 11.3 Å². The summed E-state index contributed by atoms with van der Waals surface area (Å²) in [5.74, 6) is 2.19. The normalized spacial score (nSPS) is 16.1. The van der Waals surface area contributed by atoms with Crippen molar-refractivity contribution in [2.75, 3.05) is 53.7 Å². The van der Waals surface area contributed by atoms with Gasteiger partial charge in [-0.3, -0.25) is 0 Å². The summed E-state index contributed by atoms with van der Waals surface area (Å²) in [7, 11) is 3.31. The third-order valence-corrected chi connectivity index (χ3v) is 8.05. The van der Waals surface area contributed by atoms with Crippen molar-refractivity contribution < 1.29 is 38.0 Å². The lowest BCUT2D eigenvalue weighted by atomic mass is 9.87. The molecule has 0 spiro atoms. The Morgan fingerprint density at radius 1 is 0.898 bits per heavy atom. The molecule has 0 aromatic heterocycles. The second kappa shape index (κ2) is 19.0. The molecule has 1 aliphatic heterocycles. The van der Waals surface area contributed by atoms with Gasteiger partial charge in [0.2, 0.25) is 0 Å². The third kappa shape index (κ3) is 12.0. The van der Waals surface area contributed by atoms with E-state index in [4.69, 9.17) is 33.2 Å². The lowest BCUT2D eigenvalue weighted by Gasteiger charge is -2.39. The number of carbonyl (C=O) groups excluding carboxylic acids is 1. The van der Waals surface area contributed by atoms with Gasteiger partial charge in [0.1, 0.15) is 28.9 Å². The number of methoxy groups -OCH3 is 2. The molecular formula is C39H50N2O8. The molecule has 2 atom stereocenters. The van der Waals surface area contributed by atoms with E-state index < -0.39 is 5.60 Å². The minimum absolute atomic E-state index is 0.0549. The maximum atomic E-state index is 13.0. The molecule has 0 saturated carbocycles. The van der Waals surface area contributed by atoms with E-state index in [0.717, 1.165) is 47.5 Å². The Kier molecular flexibility index (Phi) is 14.6. The number of ether oxygens (including phenoxy) is 7. The molecule has 49 heavy (non-hydrogen) atoms. The topological polar surface area (TPSA) is 109 Å². The number of carbonyl (C=O) groups is 1. The maximum absolute atomic E-state index is 13.0. The van der Waals surface area contributed by atoms with Crippen LogP contribution in [-0.2, 0) is 32.2 Å². The second-order valence-electron chi connectivity index (χ2n) is 12.9. The number of hydrogen-bond acceptors (Lipinski definition) is 9. The number of amides is 1. The average Bonchev–Trinajstić information content (AvgIpc) is 3.10. The predicted octanol–water partition coefficient (Wildman–Crippen LogP) is 7.28. The van der Waals surface area contributed by atoms with Crippen molar-refractivity contribution in [1.82, 2.24) is 4.90 Å². The van der Waals surface area contributed by atoms with Crippen molar-refractivity contribution in [3.8, 4) is 23.3 Å². The van der Waals surface area contributed by atoms with E-state index in [2.05, 4.69) is 18.2 Å². The number of nitrogens with zero attached hydrogens (tertiary/aromatic N) is 2. The quantitative estimate of drug-likeness (QED) is 0.137. The molecule has 0 N–H and O–H groups in total. The highest BCUT2D eigenvalue weighted by molar-refractivity contribution is 5.68. The van der Waals surface area contributed by atoms with E-state index in [1.165, 1.54) is 0 Å². The fourth-order valence-corrected chi connectivity index (χ4v) is 5.58. The number of rotatable bonds is 17. The Bertz CT molecular complexity index is 1500. The van der Waals surface area contributed by atoms with Crippen molar-refractivity contribution in [1.29, 1.82) is 5.26 Å². The van der Waals surface area contributed by atoms with E-state index in [1.807, 2.05) is 69.3 Å². The van der Waals surface area contributed by atoms with Gasteiger partial charge in [0.25, 0.3) is 0 Å². The molecule has 264 valence electrons. The van der Waals surface area contributed by atoms with Gasteiger partial charge in [-0.2, -0.15) is 5.26 Å². The minimum Gasteiger partial charge on any atom is -0.496 e. The highest BCUT2D eigenvalue weighted by atomic mass is 16.6. The van der Waals surface area contributed by atoms with Crippen LogP contribution < -0.4 is 14.2 Å². The molecule has 1 heterocycles. The molecule has 2 unspecified atom stereocenters. The standard InChI is InChI=1S/C39H50N2O8/c1-39(2,3)49-38(42)41-19-18-34(37(26-41)48-27-29-12-13-31(25-40)36(24-29)47-23-8-20-43-4)30-14-16-33(17-15-30)46-22-9-21-45-28-32-10-6-7-11-35(32)44-5/h6-7,10-17,24,34,37H,8-9,18-23,26-28H2,1-5H3. The summed E-state index contributed by atoms with van der Waals surface area (Å²) in [6, 6.07) is 23.6. The molecule has 4 rings (SSSR count). The van der Waals surface area contributed by atoms with Gasteiger partial charge in [-0.1, -0.05) is 36.4 Å². The first kappa shape index (κ1) is 37.5. The summed E-state index contributed by atoms with van der Waals surface area (Å²) in [4.78, 5) is 14.7. The maximum Gasteiger partial charge on any atom is 0.410 e. The molecule has 10 nitrogen and oxygen atoms in total. The summed E-state index contributed by atoms with van der Waals surface area (Å²) >= 11 is 0. The van der Waals surface area contributed by atoms with E-state index in [-0.39, 0.29) is 18.1 Å². The molecule has 3 aromatic rings. The molecule has 0 bridgehead atoms. The number of para-hydroxylation sites is 1. The average molecular weight is 675 g/mol. The van der Waals surface area contributed by atoms with E-state index >= 15 is 0 Å². The smallest absolute Gasteiger partial charge is 0.410 e. The Morgan fingerprint density at radius 3 is 2.39 bits per heavy atom. The zero-order chi connectivity index (χ0) is 35.1. The van der Waals surface area contributed by atoms with Crippen molar-refractivity contribution >= 4 is 6.09 Å². The fourth-order valence-electron chi connectivity index (χ4n) is 5.58. The van der Waals surface area contributed by atoms with Crippen LogP contribution >= 0.6 is 0 Å². The summed E-state index contributed by atoms with van der Waals surface area (Å²) < 4.78 is 40.4. The first-order valence-corrected chi connectivity index (χ1v) is 16.9. The lowest BCUT2D eigenvalue weighted by molar-refractivity contribution is -0.0360. The van der Waals surface area contributed by atoms with E-state index in [1.54, 1.807) is 25.2 Å². The summed E-state index contributed by atoms with van der Waals surface area (Å²) in [6.07, 6.45) is 1.56. The van der Waals surface area contributed by atoms with E-state index in [9.17, 15) is 10.1 Å². The monoisotopic (exact) mass is 674 g/mol. The molecule has 10 heteroatoms. The Hall–Kier alpha value is -4.30. The predicted molar refractivity (Wildman–Crippen MR) is 186 cm³/mol. The van der Waals surface area contributed by atoms with E-state index in [0.29, 0.717) is 64.0 Å². The molecular weight excluding hydrogens is 624 g/mol. The van der Waals surface area contributed by atoms with Gasteiger partial charge in [0, 0.05) is 44.6 Å². The van der Waals surface area contributed by atoms with Gasteiger partial charge in [-0.15, -0.1) is 0 Å². The first-order chi connectivity index (χ1) is 23.7. The SMILES string of the molecule is COCCCOc1cc(COC2CN(C(=O)OC(C)(C)C)CCC2c2ccc(OCCCOCc3ccccc3OC)cc2)ccc1C#N. The van der Waals surface area contributed by atoms with Crippen LogP contribution in [0.15, 0.2) is 66.7 Å². The van der Waals surface area contributed by atoms with Gasteiger partial charge in [-0.05, 0) is 68.7 Å². The minimum atomic E-state index is -0.593. The Labute approximate surface area is 290 Å². The van der Waals surface area contributed by atoms with Crippen LogP contribution in [0.5, 0.6) is 17.2 Å². The number of benzene rings is 3. The summed E-state index contributed by atoms with van der Waals surface area (Å²) in [5, 5.41) is 9.57. The van der Waals surface area contributed by atoms with Gasteiger partial charge in [-0.25, -0.2) is 4.79 Å². The highest BCUT2D eigenvalue weighted by Crippen LogP contribution is 2.33. The highest BCUT2D eigenvalue weighted by Gasteiger charge is 2.35. The molecule has 1 saturated heterocycles. The number of nitriles is 1. The number of likely N-dealkylation sites (tertiary alicyclic amines) is 1. The van der Waals surface area contributed by atoms with Crippen molar-refractivity contribution in [3.63, 3.8) is 0 Å². The Morgan fingerprint density at radius 2 is 1.65 bits per heavy atom. The van der Waals surface area contributed by atoms with Crippen LogP contribution in [0.3, 0.4) is 0 Å². The Balaban J connectivity index is 1.36. The van der Waals surface area contributed by atoms with Crippen LogP contribution in [-0.4, -0.2) is 76.4 Å². The number of hydrogen-bond donors (Lipinski definition) is 0. The summed E-state index contributed by atoms with van der Waals surface area (Å²) in [5.41, 5.74) is 2.89. The zero-order valence-electron chi connectivity index (χ0n) is 29.4. The molecule has 1 amide bonds. The van der Waals surface area contributed by atoms with Crippen LogP contribution in [0.2, 0.25) is 0 Å². The van der Waals surface area contributed by atoms with Crippen LogP contribution in [0.4, 0.5) is 4.79 Å². The lowest BCUT2D eigenvalue weighted by Crippen LogP contribution is -2.48. The molecule has 0 radical (unpaired) electrons. The van der Waals surface area contributed by atoms with Crippen molar-refractivity contribution in [2.45, 2.75) is 70.9 Å². The molecule has 3 aromatic carbocycles. The fraction of sp³-hybridized carbons (Fsp3) is 0.487. The first-order valence-electron chi connectivity index (χ1n) is 16.9. The van der Waals surface area contributed by atoms with Crippen LogP contribution in [0.25, 0.3) is 0 Å². The summed E-state index contributed by atoms with van der Waals surface area (Å²) in [6.45, 7) is 9.47. The van der Waals surface area contributed by atoms with Gasteiger partial charge in [0.15, 0.2) is 0 Å². The van der Waals surface area contributed by atoms with Crippen molar-refractivity contribution in [2.24, 2.45) is 0 Å². The van der Waals surface area contributed by atoms with Crippen molar-refractivity contribution in [3.05, 3.63) is 89.0 Å². The molecule has 1 aliphatic rings. The van der Waals surface area contributed by atoms with Crippen LogP contribution in [0.1, 0.15) is 68.2 Å². The largest absolute Gasteiger partial charge is 0.496 e. The van der Waals surface area contributed by atoms with Gasteiger partial charge in [0.05, 0.1) is 58.4 Å². The van der Waals surface area contributed by atoms with Gasteiger partial charge >= 0.3 is 6.09 Å². The molecule has 0 aliphatic carbocycles. The number of piperidine rings is 1.